The van der Waals surface area contributed by atoms with Crippen molar-refractivity contribution in [1.29, 1.82) is 0 Å². The van der Waals surface area contributed by atoms with Crippen LogP contribution in [-0.4, -0.2) is 22.8 Å². The maximum atomic E-state index is 12.2. The molecular formula is C14H9NO4. The summed E-state index contributed by atoms with van der Waals surface area (Å²) >= 11 is 0. The fourth-order valence-electron chi connectivity index (χ4n) is 2.19. The van der Waals surface area contributed by atoms with Crippen molar-refractivity contribution in [3.05, 3.63) is 47.5 Å². The average molecular weight is 255 g/mol. The summed E-state index contributed by atoms with van der Waals surface area (Å²) in [6.07, 6.45) is 0. The first-order valence-corrected chi connectivity index (χ1v) is 5.68. The van der Waals surface area contributed by atoms with Gasteiger partial charge in [-0.05, 0) is 16.8 Å². The standard InChI is InChI=1S/C14H9NO4/c1-8(16)19-15-13(17)11-7-6-9-4-2-3-5-10(9)12(11)14(15)18/h2-7H,1H3. The predicted molar refractivity (Wildman–Crippen MR) is 66.2 cm³/mol. The Morgan fingerprint density at radius 3 is 2.53 bits per heavy atom. The first-order chi connectivity index (χ1) is 9.09. The first kappa shape index (κ1) is 11.4. The van der Waals surface area contributed by atoms with Gasteiger partial charge in [0.25, 0.3) is 11.8 Å². The van der Waals surface area contributed by atoms with Gasteiger partial charge in [0.1, 0.15) is 0 Å². The minimum atomic E-state index is -0.709. The lowest BCUT2D eigenvalue weighted by molar-refractivity contribution is -0.165. The van der Waals surface area contributed by atoms with E-state index >= 15 is 0 Å². The van der Waals surface area contributed by atoms with Crippen LogP contribution < -0.4 is 0 Å². The van der Waals surface area contributed by atoms with Gasteiger partial charge < -0.3 is 4.84 Å². The van der Waals surface area contributed by atoms with Crippen LogP contribution in [-0.2, 0) is 9.63 Å². The van der Waals surface area contributed by atoms with Crippen molar-refractivity contribution in [3.63, 3.8) is 0 Å². The molecule has 0 radical (unpaired) electrons. The van der Waals surface area contributed by atoms with E-state index in [1.165, 1.54) is 0 Å². The molecule has 5 heteroatoms. The largest absolute Gasteiger partial charge is 0.330 e. The molecular weight excluding hydrogens is 246 g/mol. The van der Waals surface area contributed by atoms with E-state index in [4.69, 9.17) is 0 Å². The number of nitrogens with zero attached hydrogens (tertiary/aromatic N) is 1. The van der Waals surface area contributed by atoms with Crippen LogP contribution in [0.5, 0.6) is 0 Å². The second-order valence-electron chi connectivity index (χ2n) is 4.20. The molecule has 1 aliphatic rings. The summed E-state index contributed by atoms with van der Waals surface area (Å²) < 4.78 is 0. The number of hydroxylamine groups is 2. The number of amides is 2. The molecule has 2 aromatic rings. The zero-order valence-electron chi connectivity index (χ0n) is 10.0. The Morgan fingerprint density at radius 2 is 1.79 bits per heavy atom. The van der Waals surface area contributed by atoms with Crippen molar-refractivity contribution < 1.29 is 19.2 Å². The van der Waals surface area contributed by atoms with E-state index < -0.39 is 17.8 Å². The number of rotatable bonds is 1. The first-order valence-electron chi connectivity index (χ1n) is 5.68. The molecule has 0 bridgehead atoms. The van der Waals surface area contributed by atoms with Gasteiger partial charge in [0.15, 0.2) is 0 Å². The lowest BCUT2D eigenvalue weighted by Gasteiger charge is -2.10. The molecule has 0 N–H and O–H groups in total. The van der Waals surface area contributed by atoms with E-state index in [0.717, 1.165) is 12.3 Å². The van der Waals surface area contributed by atoms with E-state index in [0.29, 0.717) is 10.4 Å². The van der Waals surface area contributed by atoms with Gasteiger partial charge in [-0.15, -0.1) is 0 Å². The van der Waals surface area contributed by atoms with Crippen molar-refractivity contribution in [2.75, 3.05) is 0 Å². The van der Waals surface area contributed by atoms with Crippen molar-refractivity contribution in [3.8, 4) is 0 Å². The molecule has 5 nitrogen and oxygen atoms in total. The molecule has 19 heavy (non-hydrogen) atoms. The molecule has 0 fully saturated rings. The topological polar surface area (TPSA) is 63.7 Å². The predicted octanol–water partition coefficient (Wildman–Crippen LogP) is 1.91. The minimum Gasteiger partial charge on any atom is -0.330 e. The molecule has 1 aliphatic heterocycles. The van der Waals surface area contributed by atoms with Crippen LogP contribution in [0.4, 0.5) is 0 Å². The number of fused-ring (bicyclic) bond motifs is 3. The number of imide groups is 1. The third kappa shape index (κ3) is 1.59. The molecule has 2 aromatic carbocycles. The number of carbonyl (C=O) groups excluding carboxylic acids is 3. The van der Waals surface area contributed by atoms with Crippen molar-refractivity contribution in [2.24, 2.45) is 0 Å². The summed E-state index contributed by atoms with van der Waals surface area (Å²) in [5, 5.41) is 2.04. The summed E-state index contributed by atoms with van der Waals surface area (Å²) in [7, 11) is 0. The molecule has 94 valence electrons. The van der Waals surface area contributed by atoms with Crippen LogP contribution in [0, 0.1) is 0 Å². The quantitative estimate of drug-likeness (QED) is 0.730. The Kier molecular flexibility index (Phi) is 2.35. The molecule has 0 aliphatic carbocycles. The third-order valence-corrected chi connectivity index (χ3v) is 2.96. The van der Waals surface area contributed by atoms with Crippen molar-refractivity contribution in [2.45, 2.75) is 6.92 Å². The lowest BCUT2D eigenvalue weighted by Crippen LogP contribution is -2.31. The molecule has 0 spiro atoms. The van der Waals surface area contributed by atoms with Crippen LogP contribution >= 0.6 is 0 Å². The minimum absolute atomic E-state index is 0.255. The molecule has 1 heterocycles. The summed E-state index contributed by atoms with van der Waals surface area (Å²) in [5.41, 5.74) is 0.536. The summed E-state index contributed by atoms with van der Waals surface area (Å²) in [5.74, 6) is -1.92. The van der Waals surface area contributed by atoms with E-state index in [9.17, 15) is 14.4 Å². The Labute approximate surface area is 108 Å². The second kappa shape index (κ2) is 3.91. The van der Waals surface area contributed by atoms with Crippen LogP contribution in [0.15, 0.2) is 36.4 Å². The summed E-state index contributed by atoms with van der Waals surface area (Å²) in [6, 6.07) is 10.6. The monoisotopic (exact) mass is 255 g/mol. The van der Waals surface area contributed by atoms with Crippen LogP contribution in [0.2, 0.25) is 0 Å². The SMILES string of the molecule is CC(=O)ON1C(=O)c2ccc3ccccc3c2C1=O. The second-order valence-corrected chi connectivity index (χ2v) is 4.20. The maximum absolute atomic E-state index is 12.2. The van der Waals surface area contributed by atoms with E-state index in [1.54, 1.807) is 24.3 Å². The molecule has 0 aromatic heterocycles. The molecule has 0 saturated heterocycles. The van der Waals surface area contributed by atoms with Crippen molar-refractivity contribution in [1.82, 2.24) is 5.06 Å². The molecule has 0 atom stereocenters. The van der Waals surface area contributed by atoms with Gasteiger partial charge in [-0.3, -0.25) is 9.59 Å². The number of benzene rings is 2. The highest BCUT2D eigenvalue weighted by Crippen LogP contribution is 2.30. The highest BCUT2D eigenvalue weighted by Gasteiger charge is 2.39. The molecule has 2 amide bonds. The van der Waals surface area contributed by atoms with E-state index in [1.807, 2.05) is 12.1 Å². The lowest BCUT2D eigenvalue weighted by atomic mass is 10.0. The number of hydrogen-bond donors (Lipinski definition) is 0. The smallest absolute Gasteiger partial charge is 0.330 e. The molecule has 0 saturated carbocycles. The highest BCUT2D eigenvalue weighted by molar-refractivity contribution is 6.26. The zero-order chi connectivity index (χ0) is 13.6. The van der Waals surface area contributed by atoms with Gasteiger partial charge in [-0.2, -0.15) is 0 Å². The van der Waals surface area contributed by atoms with Gasteiger partial charge in [0, 0.05) is 6.92 Å². The maximum Gasteiger partial charge on any atom is 0.330 e. The number of carbonyl (C=O) groups is 3. The van der Waals surface area contributed by atoms with Gasteiger partial charge >= 0.3 is 5.97 Å². The van der Waals surface area contributed by atoms with Gasteiger partial charge in [-0.25, -0.2) is 4.79 Å². The van der Waals surface area contributed by atoms with Crippen molar-refractivity contribution >= 4 is 28.6 Å². The average Bonchev–Trinajstić information content (AvgIpc) is 2.63. The Balaban J connectivity index is 2.22. The van der Waals surface area contributed by atoms with Gasteiger partial charge in [0.2, 0.25) is 0 Å². The van der Waals surface area contributed by atoms with Crippen LogP contribution in [0.25, 0.3) is 10.8 Å². The summed E-state index contributed by atoms with van der Waals surface area (Å²) in [4.78, 5) is 39.8. The normalized spacial score (nSPS) is 13.8. The van der Waals surface area contributed by atoms with Gasteiger partial charge in [0.05, 0.1) is 11.1 Å². The molecule has 3 rings (SSSR count). The number of hydrogen-bond acceptors (Lipinski definition) is 4. The van der Waals surface area contributed by atoms with E-state index in [-0.39, 0.29) is 11.1 Å². The third-order valence-electron chi connectivity index (χ3n) is 2.96. The zero-order valence-corrected chi connectivity index (χ0v) is 10.0. The van der Waals surface area contributed by atoms with Gasteiger partial charge in [-0.1, -0.05) is 35.4 Å². The highest BCUT2D eigenvalue weighted by atomic mass is 16.7. The van der Waals surface area contributed by atoms with Crippen LogP contribution in [0.3, 0.4) is 0 Å². The van der Waals surface area contributed by atoms with Crippen LogP contribution in [0.1, 0.15) is 27.6 Å². The Bertz CT molecular complexity index is 735. The fraction of sp³-hybridized carbons (Fsp3) is 0.0714. The Hall–Kier alpha value is -2.69. The Morgan fingerprint density at radius 1 is 1.05 bits per heavy atom. The summed E-state index contributed by atoms with van der Waals surface area (Å²) in [6.45, 7) is 1.14. The van der Waals surface area contributed by atoms with E-state index in [2.05, 4.69) is 4.84 Å². The molecule has 0 unspecified atom stereocenters. The fourth-order valence-corrected chi connectivity index (χ4v) is 2.19.